The van der Waals surface area contributed by atoms with Crippen molar-refractivity contribution in [3.8, 4) is 0 Å². The summed E-state index contributed by atoms with van der Waals surface area (Å²) >= 11 is 3.53. The Balaban J connectivity index is 1.60. The molecule has 1 amide bonds. The molecular weight excluding hydrogens is 430 g/mol. The second kappa shape index (κ2) is 9.22. The number of nitrogens with zero attached hydrogens (tertiary/aromatic N) is 4. The van der Waals surface area contributed by atoms with E-state index in [0.29, 0.717) is 5.92 Å². The summed E-state index contributed by atoms with van der Waals surface area (Å²) in [5.41, 5.74) is 2.96. The van der Waals surface area contributed by atoms with Crippen molar-refractivity contribution in [2.45, 2.75) is 46.6 Å². The molecular formula is C22H30BrN5O. The smallest absolute Gasteiger partial charge is 0.241 e. The molecule has 3 rings (SSSR count). The van der Waals surface area contributed by atoms with Crippen molar-refractivity contribution in [1.29, 1.82) is 0 Å². The summed E-state index contributed by atoms with van der Waals surface area (Å²) in [6, 6.07) is 7.80. The number of piperazine rings is 1. The largest absolute Gasteiger partial charge is 0.354 e. The lowest BCUT2D eigenvalue weighted by Gasteiger charge is -2.38. The Labute approximate surface area is 181 Å². The molecule has 1 N–H and O–H groups in total. The fourth-order valence-electron chi connectivity index (χ4n) is 3.46. The zero-order valence-electron chi connectivity index (χ0n) is 17.9. The van der Waals surface area contributed by atoms with Crippen molar-refractivity contribution in [3.05, 3.63) is 45.8 Å². The van der Waals surface area contributed by atoms with Gasteiger partial charge in [-0.3, -0.25) is 9.69 Å². The van der Waals surface area contributed by atoms with Crippen molar-refractivity contribution in [3.63, 3.8) is 0 Å². The van der Waals surface area contributed by atoms with Crippen molar-refractivity contribution in [2.75, 3.05) is 36.4 Å². The quantitative estimate of drug-likeness (QED) is 0.727. The molecule has 7 heteroatoms. The molecule has 29 heavy (non-hydrogen) atoms. The first-order chi connectivity index (χ1) is 13.7. The lowest BCUT2D eigenvalue weighted by atomic mass is 10.2. The Hall–Kier alpha value is -1.99. The Morgan fingerprint density at radius 2 is 1.76 bits per heavy atom. The lowest BCUT2D eigenvalue weighted by molar-refractivity contribution is -0.120. The minimum atomic E-state index is -0.191. The molecule has 0 unspecified atom stereocenters. The first kappa shape index (κ1) is 21.7. The van der Waals surface area contributed by atoms with Crippen LogP contribution in [-0.2, 0) is 4.79 Å². The minimum absolute atomic E-state index is 0.0166. The lowest BCUT2D eigenvalue weighted by Crippen LogP contribution is -2.53. The highest BCUT2D eigenvalue weighted by molar-refractivity contribution is 9.10. The van der Waals surface area contributed by atoms with Gasteiger partial charge in [-0.1, -0.05) is 19.9 Å². The predicted octanol–water partition coefficient (Wildman–Crippen LogP) is 4.13. The van der Waals surface area contributed by atoms with E-state index in [4.69, 9.17) is 4.98 Å². The summed E-state index contributed by atoms with van der Waals surface area (Å²) < 4.78 is 0.906. The minimum Gasteiger partial charge on any atom is -0.354 e. The second-order valence-corrected chi connectivity index (χ2v) is 8.91. The monoisotopic (exact) mass is 459 g/mol. The van der Waals surface area contributed by atoms with Gasteiger partial charge in [0.2, 0.25) is 5.91 Å². The Morgan fingerprint density at radius 1 is 1.07 bits per heavy atom. The number of benzene rings is 1. The highest BCUT2D eigenvalue weighted by Crippen LogP contribution is 2.24. The molecule has 0 spiro atoms. The van der Waals surface area contributed by atoms with Gasteiger partial charge in [0.25, 0.3) is 0 Å². The maximum Gasteiger partial charge on any atom is 0.241 e. The highest BCUT2D eigenvalue weighted by Gasteiger charge is 2.27. The van der Waals surface area contributed by atoms with Gasteiger partial charge in [-0.25, -0.2) is 9.97 Å². The highest BCUT2D eigenvalue weighted by atomic mass is 79.9. The normalized spacial score (nSPS) is 16.2. The molecule has 1 aliphatic heterocycles. The fourth-order valence-corrected chi connectivity index (χ4v) is 4.05. The Bertz CT molecular complexity index is 878. The number of rotatable bonds is 5. The van der Waals surface area contributed by atoms with E-state index in [1.54, 1.807) is 0 Å². The summed E-state index contributed by atoms with van der Waals surface area (Å²) in [4.78, 5) is 26.6. The van der Waals surface area contributed by atoms with Crippen molar-refractivity contribution >= 4 is 33.3 Å². The van der Waals surface area contributed by atoms with Gasteiger partial charge in [0.15, 0.2) is 0 Å². The molecule has 1 aliphatic rings. The molecule has 1 aromatic carbocycles. The molecule has 0 saturated carbocycles. The number of amides is 1. The Morgan fingerprint density at radius 3 is 2.38 bits per heavy atom. The molecule has 156 valence electrons. The van der Waals surface area contributed by atoms with E-state index in [0.717, 1.165) is 59.2 Å². The number of aryl methyl sites for hydroxylation is 2. The van der Waals surface area contributed by atoms with Crippen molar-refractivity contribution in [2.24, 2.45) is 0 Å². The van der Waals surface area contributed by atoms with Gasteiger partial charge in [-0.2, -0.15) is 0 Å². The molecule has 1 saturated heterocycles. The summed E-state index contributed by atoms with van der Waals surface area (Å²) in [6.45, 7) is 13.6. The number of carbonyl (C=O) groups excluding carboxylic acids is 1. The number of halogens is 1. The number of hydrogen-bond donors (Lipinski definition) is 1. The summed E-state index contributed by atoms with van der Waals surface area (Å²) in [5, 5.41) is 3.04. The van der Waals surface area contributed by atoms with E-state index >= 15 is 0 Å². The third-order valence-electron chi connectivity index (χ3n) is 5.32. The number of nitrogens with one attached hydrogen (secondary N) is 1. The van der Waals surface area contributed by atoms with E-state index in [1.165, 1.54) is 0 Å². The van der Waals surface area contributed by atoms with Crippen molar-refractivity contribution < 1.29 is 4.79 Å². The van der Waals surface area contributed by atoms with Gasteiger partial charge in [0.1, 0.15) is 11.6 Å². The van der Waals surface area contributed by atoms with Crippen LogP contribution in [0.25, 0.3) is 0 Å². The summed E-state index contributed by atoms with van der Waals surface area (Å²) in [6.07, 6.45) is 0. The molecule has 0 bridgehead atoms. The van der Waals surface area contributed by atoms with E-state index in [1.807, 2.05) is 45.0 Å². The van der Waals surface area contributed by atoms with E-state index < -0.39 is 0 Å². The van der Waals surface area contributed by atoms with Gasteiger partial charge in [-0.05, 0) is 54.4 Å². The van der Waals surface area contributed by atoms with Crippen LogP contribution < -0.4 is 10.2 Å². The molecule has 1 atom stereocenters. The van der Waals surface area contributed by atoms with Crippen LogP contribution in [0.5, 0.6) is 0 Å². The van der Waals surface area contributed by atoms with Crippen LogP contribution in [0, 0.1) is 13.8 Å². The predicted molar refractivity (Wildman–Crippen MR) is 122 cm³/mol. The molecule has 2 aromatic rings. The van der Waals surface area contributed by atoms with Gasteiger partial charge in [0.05, 0.1) is 11.7 Å². The topological polar surface area (TPSA) is 61.4 Å². The van der Waals surface area contributed by atoms with Crippen LogP contribution in [0.15, 0.2) is 28.7 Å². The maximum atomic E-state index is 12.8. The fraction of sp³-hybridized carbons (Fsp3) is 0.500. The van der Waals surface area contributed by atoms with Crippen LogP contribution in [0.1, 0.15) is 43.8 Å². The summed E-state index contributed by atoms with van der Waals surface area (Å²) in [7, 11) is 0. The van der Waals surface area contributed by atoms with Gasteiger partial charge in [0, 0.05) is 48.3 Å². The van der Waals surface area contributed by atoms with Gasteiger partial charge < -0.3 is 10.2 Å². The first-order valence-corrected chi connectivity index (χ1v) is 11.0. The molecule has 1 aromatic heterocycles. The first-order valence-electron chi connectivity index (χ1n) is 10.2. The average molecular weight is 460 g/mol. The second-order valence-electron chi connectivity index (χ2n) is 8.05. The molecule has 2 heterocycles. The third kappa shape index (κ3) is 5.34. The SMILES string of the molecule is Cc1ccc(NC(=O)[C@@H](C)N2CCN(c3cc(C)nc(C(C)C)n3)CC2)c(Br)c1. The zero-order valence-corrected chi connectivity index (χ0v) is 19.5. The van der Waals surface area contributed by atoms with E-state index in [2.05, 4.69) is 49.9 Å². The zero-order chi connectivity index (χ0) is 21.1. The van der Waals surface area contributed by atoms with Crippen LogP contribution >= 0.6 is 15.9 Å². The number of carbonyl (C=O) groups is 1. The number of aromatic nitrogens is 2. The molecule has 0 aliphatic carbocycles. The van der Waals surface area contributed by atoms with Crippen LogP contribution in [0.2, 0.25) is 0 Å². The van der Waals surface area contributed by atoms with Crippen LogP contribution in [0.3, 0.4) is 0 Å². The molecule has 0 radical (unpaired) electrons. The van der Waals surface area contributed by atoms with Gasteiger partial charge in [-0.15, -0.1) is 0 Å². The molecule has 6 nitrogen and oxygen atoms in total. The average Bonchev–Trinajstić information content (AvgIpc) is 2.69. The third-order valence-corrected chi connectivity index (χ3v) is 5.98. The van der Waals surface area contributed by atoms with Crippen LogP contribution in [0.4, 0.5) is 11.5 Å². The van der Waals surface area contributed by atoms with Crippen LogP contribution in [-0.4, -0.2) is 53.0 Å². The summed E-state index contributed by atoms with van der Waals surface area (Å²) in [5.74, 6) is 2.20. The Kier molecular flexibility index (Phi) is 6.90. The van der Waals surface area contributed by atoms with E-state index in [-0.39, 0.29) is 11.9 Å². The standard InChI is InChI=1S/C22H30BrN5O/c1-14(2)21-24-16(4)13-20(26-21)28-10-8-27(9-11-28)17(5)22(29)25-19-7-6-15(3)12-18(19)23/h6-7,12-14,17H,8-11H2,1-5H3,(H,25,29)/t17-/m1/s1. The molecule has 1 fully saturated rings. The van der Waals surface area contributed by atoms with Crippen molar-refractivity contribution in [1.82, 2.24) is 14.9 Å². The number of anilines is 2. The number of hydrogen-bond acceptors (Lipinski definition) is 5. The van der Waals surface area contributed by atoms with Gasteiger partial charge >= 0.3 is 0 Å². The maximum absolute atomic E-state index is 12.8. The van der Waals surface area contributed by atoms with E-state index in [9.17, 15) is 4.79 Å².